The molecule has 1 aromatic rings. The number of carbonyl (C=O) groups excluding carboxylic acids is 2. The van der Waals surface area contributed by atoms with Gasteiger partial charge in [-0.2, -0.15) is 5.10 Å². The third kappa shape index (κ3) is 3.47. The van der Waals surface area contributed by atoms with Crippen LogP contribution in [0.1, 0.15) is 23.8 Å². The zero-order valence-electron chi connectivity index (χ0n) is 9.90. The molecule has 17 heavy (non-hydrogen) atoms. The van der Waals surface area contributed by atoms with E-state index in [-0.39, 0.29) is 23.7 Å². The molecule has 7 nitrogen and oxygen atoms in total. The molecule has 0 aliphatic carbocycles. The normalized spacial score (nSPS) is 10.0. The smallest absolute Gasteiger partial charge is 0.360 e. The van der Waals surface area contributed by atoms with Gasteiger partial charge in [-0.15, -0.1) is 0 Å². The molecule has 3 N–H and O–H groups in total. The Hall–Kier alpha value is -2.05. The van der Waals surface area contributed by atoms with Crippen LogP contribution in [0.4, 0.5) is 5.69 Å². The minimum atomic E-state index is -0.584. The Morgan fingerprint density at radius 1 is 1.59 bits per heavy atom. The van der Waals surface area contributed by atoms with Gasteiger partial charge in [0.15, 0.2) is 5.69 Å². The first-order chi connectivity index (χ1) is 8.08. The van der Waals surface area contributed by atoms with Gasteiger partial charge in [-0.25, -0.2) is 4.79 Å². The van der Waals surface area contributed by atoms with E-state index in [0.29, 0.717) is 13.1 Å². The van der Waals surface area contributed by atoms with Gasteiger partial charge in [0.05, 0.1) is 12.8 Å². The summed E-state index contributed by atoms with van der Waals surface area (Å²) in [6.45, 7) is 2.81. The molecule has 1 amide bonds. The SMILES string of the molecule is CCNC(=O)CCn1cc(N)c(C(=O)OC)n1. The molecule has 0 aliphatic rings. The van der Waals surface area contributed by atoms with Crippen LogP contribution in [0, 0.1) is 0 Å². The summed E-state index contributed by atoms with van der Waals surface area (Å²) in [6.07, 6.45) is 1.79. The monoisotopic (exact) mass is 240 g/mol. The molecule has 94 valence electrons. The van der Waals surface area contributed by atoms with Gasteiger partial charge in [-0.05, 0) is 6.92 Å². The quantitative estimate of drug-likeness (QED) is 0.693. The minimum Gasteiger partial charge on any atom is -0.464 e. The molecule has 0 saturated carbocycles. The van der Waals surface area contributed by atoms with E-state index in [9.17, 15) is 9.59 Å². The van der Waals surface area contributed by atoms with E-state index in [0.717, 1.165) is 0 Å². The van der Waals surface area contributed by atoms with E-state index >= 15 is 0 Å². The van der Waals surface area contributed by atoms with Gasteiger partial charge < -0.3 is 15.8 Å². The lowest BCUT2D eigenvalue weighted by atomic mass is 10.4. The number of methoxy groups -OCH3 is 1. The fourth-order valence-electron chi connectivity index (χ4n) is 1.31. The molecule has 7 heteroatoms. The van der Waals surface area contributed by atoms with Crippen molar-refractivity contribution in [2.75, 3.05) is 19.4 Å². The molecular weight excluding hydrogens is 224 g/mol. The van der Waals surface area contributed by atoms with Gasteiger partial charge in [-0.1, -0.05) is 0 Å². The first-order valence-electron chi connectivity index (χ1n) is 5.26. The number of aryl methyl sites for hydroxylation is 1. The number of rotatable bonds is 5. The van der Waals surface area contributed by atoms with Gasteiger partial charge >= 0.3 is 5.97 Å². The first-order valence-corrected chi connectivity index (χ1v) is 5.26. The van der Waals surface area contributed by atoms with Gasteiger partial charge in [0.1, 0.15) is 0 Å². The maximum atomic E-state index is 11.2. The van der Waals surface area contributed by atoms with E-state index in [2.05, 4.69) is 15.2 Å². The zero-order chi connectivity index (χ0) is 12.8. The van der Waals surface area contributed by atoms with Gasteiger partial charge in [0, 0.05) is 25.7 Å². The van der Waals surface area contributed by atoms with Crippen molar-refractivity contribution in [3.63, 3.8) is 0 Å². The second-order valence-electron chi connectivity index (χ2n) is 3.39. The Labute approximate surface area is 98.9 Å². The largest absolute Gasteiger partial charge is 0.464 e. The van der Waals surface area contributed by atoms with Gasteiger partial charge in [0.2, 0.25) is 5.91 Å². The summed E-state index contributed by atoms with van der Waals surface area (Å²) in [4.78, 5) is 22.5. The van der Waals surface area contributed by atoms with Crippen molar-refractivity contribution in [1.82, 2.24) is 15.1 Å². The fraction of sp³-hybridized carbons (Fsp3) is 0.500. The second kappa shape index (κ2) is 5.88. The maximum Gasteiger partial charge on any atom is 0.360 e. The summed E-state index contributed by atoms with van der Waals surface area (Å²) >= 11 is 0. The van der Waals surface area contributed by atoms with Crippen LogP contribution < -0.4 is 11.1 Å². The van der Waals surface area contributed by atoms with Crippen molar-refractivity contribution < 1.29 is 14.3 Å². The third-order valence-corrected chi connectivity index (χ3v) is 2.11. The van der Waals surface area contributed by atoms with Crippen LogP contribution in [0.25, 0.3) is 0 Å². The highest BCUT2D eigenvalue weighted by Crippen LogP contribution is 2.10. The van der Waals surface area contributed by atoms with Crippen LogP contribution in [-0.2, 0) is 16.1 Å². The van der Waals surface area contributed by atoms with E-state index < -0.39 is 5.97 Å². The molecule has 0 bridgehead atoms. The molecule has 1 aromatic heterocycles. The van der Waals surface area contributed by atoms with Gasteiger partial charge in [0.25, 0.3) is 0 Å². The first kappa shape index (κ1) is 13.0. The maximum absolute atomic E-state index is 11.2. The summed E-state index contributed by atoms with van der Waals surface area (Å²) in [5.41, 5.74) is 5.91. The van der Waals surface area contributed by atoms with Crippen LogP contribution in [0.2, 0.25) is 0 Å². The van der Waals surface area contributed by atoms with Crippen LogP contribution in [-0.4, -0.2) is 35.3 Å². The summed E-state index contributed by atoms with van der Waals surface area (Å²) in [7, 11) is 1.26. The molecule has 0 saturated heterocycles. The molecule has 0 aromatic carbocycles. The number of carbonyl (C=O) groups is 2. The molecule has 0 radical (unpaired) electrons. The average molecular weight is 240 g/mol. The molecular formula is C10H16N4O3. The summed E-state index contributed by atoms with van der Waals surface area (Å²) in [6, 6.07) is 0. The number of ether oxygens (including phenoxy) is 1. The predicted octanol–water partition coefficient (Wildman–Crippen LogP) is -0.222. The van der Waals surface area contributed by atoms with Crippen molar-refractivity contribution in [3.8, 4) is 0 Å². The zero-order valence-corrected chi connectivity index (χ0v) is 9.90. The molecule has 0 aliphatic heterocycles. The Morgan fingerprint density at radius 2 is 2.29 bits per heavy atom. The Balaban J connectivity index is 2.61. The number of nitrogens with two attached hydrogens (primary N) is 1. The highest BCUT2D eigenvalue weighted by molar-refractivity contribution is 5.92. The highest BCUT2D eigenvalue weighted by Gasteiger charge is 2.15. The average Bonchev–Trinajstić information content (AvgIpc) is 2.67. The number of anilines is 1. The molecule has 0 spiro atoms. The van der Waals surface area contributed by atoms with Crippen molar-refractivity contribution in [1.29, 1.82) is 0 Å². The summed E-state index contributed by atoms with van der Waals surface area (Å²) in [5.74, 6) is -0.652. The lowest BCUT2D eigenvalue weighted by molar-refractivity contribution is -0.121. The number of hydrogen-bond acceptors (Lipinski definition) is 5. The van der Waals surface area contributed by atoms with Crippen LogP contribution >= 0.6 is 0 Å². The van der Waals surface area contributed by atoms with E-state index in [1.807, 2.05) is 6.92 Å². The number of nitrogen functional groups attached to an aromatic ring is 1. The van der Waals surface area contributed by atoms with Crippen LogP contribution in [0.3, 0.4) is 0 Å². The minimum absolute atomic E-state index is 0.0683. The fourth-order valence-corrected chi connectivity index (χ4v) is 1.31. The summed E-state index contributed by atoms with van der Waals surface area (Å²) < 4.78 is 5.98. The van der Waals surface area contributed by atoms with Crippen molar-refractivity contribution in [3.05, 3.63) is 11.9 Å². The Morgan fingerprint density at radius 3 is 2.88 bits per heavy atom. The molecule has 1 heterocycles. The lowest BCUT2D eigenvalue weighted by Crippen LogP contribution is -2.23. The number of nitrogens with zero attached hydrogens (tertiary/aromatic N) is 2. The Kier molecular flexibility index (Phi) is 4.50. The number of esters is 1. The second-order valence-corrected chi connectivity index (χ2v) is 3.39. The number of aromatic nitrogens is 2. The summed E-state index contributed by atoms with van der Waals surface area (Å²) in [5, 5.41) is 6.62. The van der Waals surface area contributed by atoms with E-state index in [1.165, 1.54) is 18.0 Å². The van der Waals surface area contributed by atoms with E-state index in [4.69, 9.17) is 5.73 Å². The van der Waals surface area contributed by atoms with Crippen LogP contribution in [0.5, 0.6) is 0 Å². The van der Waals surface area contributed by atoms with E-state index in [1.54, 1.807) is 0 Å². The number of amides is 1. The topological polar surface area (TPSA) is 99.2 Å². The third-order valence-electron chi connectivity index (χ3n) is 2.11. The number of nitrogens with one attached hydrogen (secondary N) is 1. The standard InChI is InChI=1S/C10H16N4O3/c1-3-12-8(15)4-5-14-6-7(11)9(13-14)10(16)17-2/h6H,3-5,11H2,1-2H3,(H,12,15). The number of hydrogen-bond donors (Lipinski definition) is 2. The molecule has 0 unspecified atom stereocenters. The molecule has 0 atom stereocenters. The van der Waals surface area contributed by atoms with Crippen molar-refractivity contribution in [2.24, 2.45) is 0 Å². The Bertz CT molecular complexity index is 414. The molecule has 0 fully saturated rings. The van der Waals surface area contributed by atoms with Crippen LogP contribution in [0.15, 0.2) is 6.20 Å². The van der Waals surface area contributed by atoms with Crippen molar-refractivity contribution >= 4 is 17.6 Å². The predicted molar refractivity (Wildman–Crippen MR) is 61.3 cm³/mol. The molecule has 1 rings (SSSR count). The highest BCUT2D eigenvalue weighted by atomic mass is 16.5. The van der Waals surface area contributed by atoms with Crippen molar-refractivity contribution in [2.45, 2.75) is 19.9 Å². The van der Waals surface area contributed by atoms with Gasteiger partial charge in [-0.3, -0.25) is 9.48 Å². The lowest BCUT2D eigenvalue weighted by Gasteiger charge is -2.01.